The van der Waals surface area contributed by atoms with Gasteiger partial charge in [0.1, 0.15) is 0 Å². The number of likely N-dealkylation sites (N-methyl/N-ethyl adjacent to an activating group) is 1. The van der Waals surface area contributed by atoms with Crippen molar-refractivity contribution in [1.82, 2.24) is 10.6 Å². The molecule has 1 heterocycles. The van der Waals surface area contributed by atoms with Crippen molar-refractivity contribution < 1.29 is 9.53 Å². The van der Waals surface area contributed by atoms with Crippen LogP contribution in [0, 0.1) is 0 Å². The molecule has 4 nitrogen and oxygen atoms in total. The van der Waals surface area contributed by atoms with Gasteiger partial charge in [0, 0.05) is 19.7 Å². The van der Waals surface area contributed by atoms with Crippen LogP contribution in [-0.2, 0) is 9.53 Å². The Hall–Kier alpha value is -0.320. The summed E-state index contributed by atoms with van der Waals surface area (Å²) in [6.45, 7) is 5.36. The zero-order valence-corrected chi connectivity index (χ0v) is 10.8. The fourth-order valence-corrected chi connectivity index (χ4v) is 1.71. The number of hydrogen-bond acceptors (Lipinski definition) is 3. The lowest BCUT2D eigenvalue weighted by molar-refractivity contribution is -0.124. The van der Waals surface area contributed by atoms with E-state index in [0.29, 0.717) is 13.0 Å². The van der Waals surface area contributed by atoms with Crippen molar-refractivity contribution in [2.75, 3.05) is 26.2 Å². The number of hydrogen-bond donors (Lipinski definition) is 2. The Morgan fingerprint density at radius 3 is 2.81 bits per heavy atom. The molecule has 1 fully saturated rings. The van der Waals surface area contributed by atoms with Gasteiger partial charge in [0.15, 0.2) is 0 Å². The van der Waals surface area contributed by atoms with Crippen molar-refractivity contribution in [3.8, 4) is 0 Å². The third kappa shape index (κ3) is 7.04. The summed E-state index contributed by atoms with van der Waals surface area (Å²) in [5, 5.41) is 6.04. The van der Waals surface area contributed by atoms with E-state index < -0.39 is 0 Å². The number of nitrogens with one attached hydrogen (secondary N) is 2. The molecule has 0 aromatic carbocycles. The summed E-state index contributed by atoms with van der Waals surface area (Å²) in [4.78, 5) is 11.5. The predicted molar refractivity (Wildman–Crippen MR) is 67.0 cm³/mol. The summed E-state index contributed by atoms with van der Waals surface area (Å²) >= 11 is 0. The van der Waals surface area contributed by atoms with Gasteiger partial charge in [0.2, 0.25) is 5.91 Å². The van der Waals surface area contributed by atoms with Crippen LogP contribution in [0.25, 0.3) is 0 Å². The van der Waals surface area contributed by atoms with Gasteiger partial charge in [-0.3, -0.25) is 4.79 Å². The van der Waals surface area contributed by atoms with Crippen LogP contribution in [0.5, 0.6) is 0 Å². The van der Waals surface area contributed by atoms with Crippen LogP contribution in [0.2, 0.25) is 0 Å². The molecular weight excluding hydrogens is 228 g/mol. The van der Waals surface area contributed by atoms with Gasteiger partial charge in [-0.2, -0.15) is 0 Å². The first-order valence-electron chi connectivity index (χ1n) is 5.92. The molecule has 0 aliphatic carbocycles. The molecule has 16 heavy (non-hydrogen) atoms. The topological polar surface area (TPSA) is 50.4 Å². The second-order valence-corrected chi connectivity index (χ2v) is 3.90. The number of carbonyl (C=O) groups excluding carboxylic acids is 1. The van der Waals surface area contributed by atoms with E-state index in [1.165, 1.54) is 6.42 Å². The van der Waals surface area contributed by atoms with E-state index in [0.717, 1.165) is 32.5 Å². The maximum atomic E-state index is 11.5. The monoisotopic (exact) mass is 250 g/mol. The maximum Gasteiger partial charge on any atom is 0.222 e. The quantitative estimate of drug-likeness (QED) is 0.694. The van der Waals surface area contributed by atoms with Crippen LogP contribution in [-0.4, -0.2) is 38.3 Å². The van der Waals surface area contributed by atoms with Crippen molar-refractivity contribution in [1.29, 1.82) is 0 Å². The summed E-state index contributed by atoms with van der Waals surface area (Å²) in [5.74, 6) is 0.111. The van der Waals surface area contributed by atoms with E-state index in [4.69, 9.17) is 4.74 Å². The van der Waals surface area contributed by atoms with Gasteiger partial charge < -0.3 is 15.4 Å². The van der Waals surface area contributed by atoms with Crippen molar-refractivity contribution in [3.63, 3.8) is 0 Å². The summed E-state index contributed by atoms with van der Waals surface area (Å²) in [7, 11) is 0. The van der Waals surface area contributed by atoms with E-state index in [1.807, 2.05) is 0 Å². The molecule has 1 unspecified atom stereocenters. The Bertz CT molecular complexity index is 185. The number of amides is 1. The molecule has 5 heteroatoms. The summed E-state index contributed by atoms with van der Waals surface area (Å²) < 4.78 is 5.50. The van der Waals surface area contributed by atoms with Gasteiger partial charge in [-0.15, -0.1) is 12.4 Å². The smallest absolute Gasteiger partial charge is 0.222 e. The minimum absolute atomic E-state index is 0. The predicted octanol–water partition coefficient (Wildman–Crippen LogP) is 1.09. The standard InChI is InChI=1S/C11H22N2O2.ClH/c1-2-12-6-7-13-11(14)9-10-5-3-4-8-15-10;/h10,12H,2-9H2,1H3,(H,13,14);1H. The van der Waals surface area contributed by atoms with Gasteiger partial charge >= 0.3 is 0 Å². The molecule has 2 N–H and O–H groups in total. The molecule has 1 rings (SSSR count). The Morgan fingerprint density at radius 1 is 1.38 bits per heavy atom. The number of halogens is 1. The van der Waals surface area contributed by atoms with Crippen molar-refractivity contribution >= 4 is 18.3 Å². The van der Waals surface area contributed by atoms with E-state index in [1.54, 1.807) is 0 Å². The molecular formula is C11H23ClN2O2. The number of rotatable bonds is 6. The van der Waals surface area contributed by atoms with E-state index in [-0.39, 0.29) is 24.4 Å². The number of ether oxygens (including phenoxy) is 1. The average molecular weight is 251 g/mol. The molecule has 0 radical (unpaired) electrons. The van der Waals surface area contributed by atoms with Crippen LogP contribution in [0.15, 0.2) is 0 Å². The third-order valence-corrected chi connectivity index (χ3v) is 2.56. The second kappa shape index (κ2) is 9.87. The maximum absolute atomic E-state index is 11.5. The molecule has 0 aromatic heterocycles. The molecule has 0 aromatic rings. The van der Waals surface area contributed by atoms with Gasteiger partial charge in [-0.05, 0) is 25.8 Å². The summed E-state index contributed by atoms with van der Waals surface area (Å²) in [6.07, 6.45) is 4.03. The first-order chi connectivity index (χ1) is 7.33. The molecule has 0 bridgehead atoms. The van der Waals surface area contributed by atoms with Crippen LogP contribution >= 0.6 is 12.4 Å². The van der Waals surface area contributed by atoms with Crippen molar-refractivity contribution in [2.45, 2.75) is 38.7 Å². The molecule has 1 saturated heterocycles. The average Bonchev–Trinajstić information content (AvgIpc) is 2.26. The van der Waals surface area contributed by atoms with Crippen LogP contribution in [0.3, 0.4) is 0 Å². The lowest BCUT2D eigenvalue weighted by Gasteiger charge is -2.21. The minimum atomic E-state index is 0. The summed E-state index contributed by atoms with van der Waals surface area (Å²) in [5.41, 5.74) is 0. The van der Waals surface area contributed by atoms with Gasteiger partial charge in [-0.1, -0.05) is 6.92 Å². The second-order valence-electron chi connectivity index (χ2n) is 3.90. The zero-order chi connectivity index (χ0) is 10.9. The Kier molecular flexibility index (Phi) is 9.68. The normalized spacial score (nSPS) is 19.9. The van der Waals surface area contributed by atoms with E-state index in [2.05, 4.69) is 17.6 Å². The third-order valence-electron chi connectivity index (χ3n) is 2.56. The molecule has 1 aliphatic heterocycles. The van der Waals surface area contributed by atoms with E-state index >= 15 is 0 Å². The van der Waals surface area contributed by atoms with E-state index in [9.17, 15) is 4.79 Å². The first-order valence-corrected chi connectivity index (χ1v) is 5.92. The highest BCUT2D eigenvalue weighted by Crippen LogP contribution is 2.15. The van der Waals surface area contributed by atoms with Gasteiger partial charge in [-0.25, -0.2) is 0 Å². The molecule has 1 atom stereocenters. The van der Waals surface area contributed by atoms with Gasteiger partial charge in [0.05, 0.1) is 12.5 Å². The highest BCUT2D eigenvalue weighted by Gasteiger charge is 2.16. The fourth-order valence-electron chi connectivity index (χ4n) is 1.71. The molecule has 1 amide bonds. The first kappa shape index (κ1) is 15.7. The highest BCUT2D eigenvalue weighted by molar-refractivity contribution is 5.85. The lowest BCUT2D eigenvalue weighted by Crippen LogP contribution is -2.34. The largest absolute Gasteiger partial charge is 0.378 e. The highest BCUT2D eigenvalue weighted by atomic mass is 35.5. The Labute approximate surface area is 104 Å². The fraction of sp³-hybridized carbons (Fsp3) is 0.909. The van der Waals surface area contributed by atoms with Crippen LogP contribution in [0.1, 0.15) is 32.6 Å². The summed E-state index contributed by atoms with van der Waals surface area (Å²) in [6, 6.07) is 0. The van der Waals surface area contributed by atoms with Crippen molar-refractivity contribution in [2.24, 2.45) is 0 Å². The number of carbonyl (C=O) groups is 1. The minimum Gasteiger partial charge on any atom is -0.378 e. The molecule has 1 aliphatic rings. The Balaban J connectivity index is 0.00000225. The Morgan fingerprint density at radius 2 is 2.19 bits per heavy atom. The van der Waals surface area contributed by atoms with Gasteiger partial charge in [0.25, 0.3) is 0 Å². The zero-order valence-electron chi connectivity index (χ0n) is 9.96. The lowest BCUT2D eigenvalue weighted by atomic mass is 10.1. The molecule has 0 saturated carbocycles. The van der Waals surface area contributed by atoms with Crippen LogP contribution in [0.4, 0.5) is 0 Å². The van der Waals surface area contributed by atoms with Crippen molar-refractivity contribution in [3.05, 3.63) is 0 Å². The van der Waals surface area contributed by atoms with Crippen LogP contribution < -0.4 is 10.6 Å². The SMILES string of the molecule is CCNCCNC(=O)CC1CCCCO1.Cl. The molecule has 96 valence electrons. The molecule has 0 spiro atoms.